The molecule has 0 aliphatic carbocycles. The number of alkyl halides is 2. The third-order valence-electron chi connectivity index (χ3n) is 3.38. The number of halogens is 2. The zero-order chi connectivity index (χ0) is 18.2. The second kappa shape index (κ2) is 9.17. The Bertz CT molecular complexity index is 708. The summed E-state index contributed by atoms with van der Waals surface area (Å²) in [5.74, 6) is -3.42. The van der Waals surface area contributed by atoms with Crippen molar-refractivity contribution in [3.63, 3.8) is 0 Å². The molecule has 0 atom stereocenters. The van der Waals surface area contributed by atoms with Crippen LogP contribution in [0.5, 0.6) is 0 Å². The fraction of sp³-hybridized carbons (Fsp3) is 0.222. The van der Waals surface area contributed by atoms with Crippen molar-refractivity contribution >= 4 is 23.6 Å². The van der Waals surface area contributed by atoms with Gasteiger partial charge >= 0.3 is 5.97 Å². The Morgan fingerprint density at radius 3 is 2.28 bits per heavy atom. The summed E-state index contributed by atoms with van der Waals surface area (Å²) in [5, 5.41) is 0. The number of hydrogen-bond acceptors (Lipinski definition) is 4. The number of hydrogen-bond donors (Lipinski definition) is 0. The number of esters is 1. The Kier molecular flexibility index (Phi) is 6.94. The molecule has 0 aliphatic heterocycles. The lowest BCUT2D eigenvalue weighted by Gasteiger charge is -2.22. The topological polar surface area (TPSA) is 46.6 Å². The maximum Gasteiger partial charge on any atom is 0.325 e. The standard InChI is InChI=1S/C18H17F2NO3S/c1-24-16(22)12-21(11-13-5-3-2-4-6-13)17(23)14-7-9-15(10-8-14)25-18(19)20/h2-10,18H,11-12H2,1H3. The smallest absolute Gasteiger partial charge is 0.325 e. The molecule has 0 aliphatic rings. The molecule has 1 amide bonds. The van der Waals surface area contributed by atoms with Gasteiger partial charge in [0, 0.05) is 17.0 Å². The first-order chi connectivity index (χ1) is 12.0. The lowest BCUT2D eigenvalue weighted by Crippen LogP contribution is -2.35. The summed E-state index contributed by atoms with van der Waals surface area (Å²) >= 11 is 0.412. The number of benzene rings is 2. The number of thioether (sulfide) groups is 1. The molecular formula is C18H17F2NO3S. The van der Waals surface area contributed by atoms with E-state index < -0.39 is 11.7 Å². The minimum atomic E-state index is -2.52. The van der Waals surface area contributed by atoms with Gasteiger partial charge in [0.15, 0.2) is 0 Å². The average Bonchev–Trinajstić information content (AvgIpc) is 2.61. The number of rotatable bonds is 7. The van der Waals surface area contributed by atoms with Gasteiger partial charge in [-0.2, -0.15) is 8.78 Å². The lowest BCUT2D eigenvalue weighted by atomic mass is 10.1. The molecule has 0 heterocycles. The maximum atomic E-state index is 12.7. The van der Waals surface area contributed by atoms with Gasteiger partial charge in [0.2, 0.25) is 0 Å². The first kappa shape index (κ1) is 18.9. The van der Waals surface area contributed by atoms with E-state index in [4.69, 9.17) is 0 Å². The van der Waals surface area contributed by atoms with E-state index in [1.807, 2.05) is 30.3 Å². The van der Waals surface area contributed by atoms with Crippen molar-refractivity contribution in [3.05, 3.63) is 65.7 Å². The Labute approximate surface area is 148 Å². The minimum absolute atomic E-state index is 0.197. The maximum absolute atomic E-state index is 12.7. The molecule has 2 aromatic carbocycles. The van der Waals surface area contributed by atoms with E-state index in [2.05, 4.69) is 4.74 Å². The number of nitrogens with zero attached hydrogens (tertiary/aromatic N) is 1. The highest BCUT2D eigenvalue weighted by molar-refractivity contribution is 7.99. The summed E-state index contributed by atoms with van der Waals surface area (Å²) in [4.78, 5) is 26.0. The van der Waals surface area contributed by atoms with Gasteiger partial charge in [0.1, 0.15) is 6.54 Å². The molecule has 0 spiro atoms. The zero-order valence-corrected chi connectivity index (χ0v) is 14.3. The second-order valence-corrected chi connectivity index (χ2v) is 6.19. The fourth-order valence-electron chi connectivity index (χ4n) is 2.19. The van der Waals surface area contributed by atoms with Crippen LogP contribution in [0.1, 0.15) is 15.9 Å². The number of carbonyl (C=O) groups excluding carboxylic acids is 2. The molecule has 2 aromatic rings. The van der Waals surface area contributed by atoms with E-state index in [-0.39, 0.29) is 19.0 Å². The molecule has 0 saturated carbocycles. The molecular weight excluding hydrogens is 348 g/mol. The monoisotopic (exact) mass is 365 g/mol. The first-order valence-corrected chi connectivity index (χ1v) is 8.32. The van der Waals surface area contributed by atoms with Crippen LogP contribution in [0.2, 0.25) is 0 Å². The van der Waals surface area contributed by atoms with Gasteiger partial charge in [0.05, 0.1) is 7.11 Å². The van der Waals surface area contributed by atoms with Crippen LogP contribution in [0.4, 0.5) is 8.78 Å². The van der Waals surface area contributed by atoms with Gasteiger partial charge in [0.25, 0.3) is 11.7 Å². The lowest BCUT2D eigenvalue weighted by molar-refractivity contribution is -0.141. The van der Waals surface area contributed by atoms with E-state index in [0.717, 1.165) is 5.56 Å². The summed E-state index contributed by atoms with van der Waals surface area (Å²) in [6.45, 7) is 0.0417. The van der Waals surface area contributed by atoms with Crippen molar-refractivity contribution in [3.8, 4) is 0 Å². The van der Waals surface area contributed by atoms with Gasteiger partial charge in [-0.15, -0.1) is 0 Å². The largest absolute Gasteiger partial charge is 0.468 e. The average molecular weight is 365 g/mol. The molecule has 0 radical (unpaired) electrons. The SMILES string of the molecule is COC(=O)CN(Cc1ccccc1)C(=O)c1ccc(SC(F)F)cc1. The van der Waals surface area contributed by atoms with Crippen LogP contribution >= 0.6 is 11.8 Å². The van der Waals surface area contributed by atoms with E-state index in [0.29, 0.717) is 22.2 Å². The molecule has 0 N–H and O–H groups in total. The Balaban J connectivity index is 2.17. The number of carbonyl (C=O) groups is 2. The Hall–Kier alpha value is -2.41. The Morgan fingerprint density at radius 2 is 1.72 bits per heavy atom. The normalized spacial score (nSPS) is 10.6. The van der Waals surface area contributed by atoms with E-state index in [9.17, 15) is 18.4 Å². The van der Waals surface area contributed by atoms with E-state index in [1.54, 1.807) is 0 Å². The van der Waals surface area contributed by atoms with Crippen LogP contribution in [-0.2, 0) is 16.1 Å². The third kappa shape index (κ3) is 5.86. The van der Waals surface area contributed by atoms with Crippen LogP contribution in [0, 0.1) is 0 Å². The molecule has 0 aromatic heterocycles. The second-order valence-electron chi connectivity index (χ2n) is 5.13. The highest BCUT2D eigenvalue weighted by atomic mass is 32.2. The summed E-state index contributed by atoms with van der Waals surface area (Å²) in [5.41, 5.74) is 1.18. The highest BCUT2D eigenvalue weighted by Gasteiger charge is 2.20. The van der Waals surface area contributed by atoms with Crippen molar-refractivity contribution in [2.75, 3.05) is 13.7 Å². The zero-order valence-electron chi connectivity index (χ0n) is 13.5. The molecule has 2 rings (SSSR count). The number of ether oxygens (including phenoxy) is 1. The quantitative estimate of drug-likeness (QED) is 0.553. The predicted molar refractivity (Wildman–Crippen MR) is 91.5 cm³/mol. The Morgan fingerprint density at radius 1 is 1.08 bits per heavy atom. The number of methoxy groups -OCH3 is 1. The predicted octanol–water partition coefficient (Wildman–Crippen LogP) is 3.82. The van der Waals surface area contributed by atoms with E-state index in [1.165, 1.54) is 36.3 Å². The molecule has 132 valence electrons. The molecule has 4 nitrogen and oxygen atoms in total. The van der Waals surface area contributed by atoms with Crippen molar-refractivity contribution in [1.29, 1.82) is 0 Å². The molecule has 25 heavy (non-hydrogen) atoms. The fourth-order valence-corrected chi connectivity index (χ4v) is 2.68. The summed E-state index contributed by atoms with van der Waals surface area (Å²) in [7, 11) is 1.25. The van der Waals surface area contributed by atoms with E-state index >= 15 is 0 Å². The molecule has 0 fully saturated rings. The molecule has 0 saturated heterocycles. The van der Waals surface area contributed by atoms with Gasteiger partial charge in [-0.25, -0.2) is 0 Å². The highest BCUT2D eigenvalue weighted by Crippen LogP contribution is 2.25. The summed E-state index contributed by atoms with van der Waals surface area (Å²) in [6, 6.07) is 15.1. The van der Waals surface area contributed by atoms with Gasteiger partial charge in [-0.3, -0.25) is 9.59 Å². The van der Waals surface area contributed by atoms with Crippen LogP contribution in [-0.4, -0.2) is 36.2 Å². The van der Waals surface area contributed by atoms with Crippen molar-refractivity contribution in [2.24, 2.45) is 0 Å². The van der Waals surface area contributed by atoms with Crippen LogP contribution < -0.4 is 0 Å². The van der Waals surface area contributed by atoms with Crippen LogP contribution in [0.3, 0.4) is 0 Å². The minimum Gasteiger partial charge on any atom is -0.468 e. The molecule has 7 heteroatoms. The molecule has 0 unspecified atom stereocenters. The van der Waals surface area contributed by atoms with Gasteiger partial charge in [-0.1, -0.05) is 42.1 Å². The third-order valence-corrected chi connectivity index (χ3v) is 4.10. The van der Waals surface area contributed by atoms with Gasteiger partial charge < -0.3 is 9.64 Å². The first-order valence-electron chi connectivity index (χ1n) is 7.44. The summed E-state index contributed by atoms with van der Waals surface area (Å²) < 4.78 is 29.4. The van der Waals surface area contributed by atoms with Gasteiger partial charge in [-0.05, 0) is 29.8 Å². The van der Waals surface area contributed by atoms with Crippen LogP contribution in [0.15, 0.2) is 59.5 Å². The number of amides is 1. The van der Waals surface area contributed by atoms with Crippen molar-refractivity contribution in [1.82, 2.24) is 4.90 Å². The van der Waals surface area contributed by atoms with Crippen molar-refractivity contribution in [2.45, 2.75) is 17.2 Å². The summed E-state index contributed by atoms with van der Waals surface area (Å²) in [6.07, 6.45) is 0. The molecule has 0 bridgehead atoms. The van der Waals surface area contributed by atoms with Crippen molar-refractivity contribution < 1.29 is 23.1 Å². The van der Waals surface area contributed by atoms with Crippen LogP contribution in [0.25, 0.3) is 0 Å².